The first kappa shape index (κ1) is 21.4. The lowest BCUT2D eigenvalue weighted by atomic mass is 9.83. The molecule has 162 valence electrons. The number of benzene rings is 1. The van der Waals surface area contributed by atoms with Gasteiger partial charge in [0.1, 0.15) is 5.82 Å². The van der Waals surface area contributed by atoms with Crippen LogP contribution in [-0.4, -0.2) is 27.3 Å². The number of amides is 1. The molecule has 0 radical (unpaired) electrons. The molecule has 1 atom stereocenters. The van der Waals surface area contributed by atoms with Gasteiger partial charge in [-0.05, 0) is 70.4 Å². The Morgan fingerprint density at radius 2 is 2.06 bits per heavy atom. The summed E-state index contributed by atoms with van der Waals surface area (Å²) in [5.74, 6) is -0.334. The minimum Gasteiger partial charge on any atom is -0.333 e. The van der Waals surface area contributed by atoms with Crippen molar-refractivity contribution in [2.45, 2.75) is 52.0 Å². The molecule has 7 heteroatoms. The largest absolute Gasteiger partial charge is 0.333 e. The number of anilines is 2. The Morgan fingerprint density at radius 3 is 2.77 bits per heavy atom. The van der Waals surface area contributed by atoms with Gasteiger partial charge in [0, 0.05) is 29.0 Å². The minimum absolute atomic E-state index is 0.00559. The van der Waals surface area contributed by atoms with Crippen LogP contribution < -0.4 is 5.32 Å². The van der Waals surface area contributed by atoms with E-state index in [2.05, 4.69) is 10.3 Å². The summed E-state index contributed by atoms with van der Waals surface area (Å²) in [5.41, 5.74) is 2.53. The predicted molar refractivity (Wildman–Crippen MR) is 122 cm³/mol. The summed E-state index contributed by atoms with van der Waals surface area (Å²) >= 11 is 1.60. The Morgan fingerprint density at radius 1 is 1.26 bits per heavy atom. The minimum atomic E-state index is -0.825. The molecule has 4 rings (SSSR count). The average molecular weight is 439 g/mol. The highest BCUT2D eigenvalue weighted by molar-refractivity contribution is 7.15. The topological polar surface area (TPSA) is 58.1 Å². The number of hydrogen-bond acceptors (Lipinski definition) is 5. The van der Waals surface area contributed by atoms with E-state index in [9.17, 15) is 9.18 Å². The van der Waals surface area contributed by atoms with Gasteiger partial charge in [0.25, 0.3) is 0 Å². The Labute approximate surface area is 186 Å². The maximum atomic E-state index is 13.8. The molecule has 0 aliphatic carbocycles. The third-order valence-corrected chi connectivity index (χ3v) is 6.61. The van der Waals surface area contributed by atoms with Gasteiger partial charge in [-0.2, -0.15) is 0 Å². The van der Waals surface area contributed by atoms with Gasteiger partial charge in [-0.1, -0.05) is 12.1 Å². The molecule has 2 aromatic heterocycles. The molecule has 0 spiro atoms. The molecule has 1 saturated heterocycles. The van der Waals surface area contributed by atoms with Crippen LogP contribution in [0.15, 0.2) is 42.6 Å². The fourth-order valence-electron chi connectivity index (χ4n) is 4.15. The number of halogens is 1. The van der Waals surface area contributed by atoms with E-state index in [4.69, 9.17) is 4.98 Å². The number of thiazole rings is 1. The van der Waals surface area contributed by atoms with Crippen molar-refractivity contribution in [3.63, 3.8) is 0 Å². The molecular weight excluding hydrogens is 411 g/mol. The summed E-state index contributed by atoms with van der Waals surface area (Å²) in [6, 6.07) is 10.2. The average Bonchev–Trinajstić information content (AvgIpc) is 3.36. The highest BCUT2D eigenvalue weighted by atomic mass is 32.1. The van der Waals surface area contributed by atoms with Crippen LogP contribution in [0.3, 0.4) is 0 Å². The van der Waals surface area contributed by atoms with Crippen molar-refractivity contribution in [2.24, 2.45) is 0 Å². The monoisotopic (exact) mass is 438 g/mol. The third-order valence-electron chi connectivity index (χ3n) is 5.78. The van der Waals surface area contributed by atoms with Crippen molar-refractivity contribution in [1.82, 2.24) is 14.9 Å². The molecule has 1 N–H and O–H groups in total. The molecule has 31 heavy (non-hydrogen) atoms. The lowest BCUT2D eigenvalue weighted by Crippen LogP contribution is -2.43. The Bertz CT molecular complexity index is 1110. The van der Waals surface area contributed by atoms with E-state index < -0.39 is 5.41 Å². The van der Waals surface area contributed by atoms with Gasteiger partial charge in [-0.25, -0.2) is 9.37 Å². The van der Waals surface area contributed by atoms with Crippen LogP contribution in [0.5, 0.6) is 0 Å². The zero-order valence-electron chi connectivity index (χ0n) is 18.3. The molecule has 1 fully saturated rings. The lowest BCUT2D eigenvalue weighted by molar-refractivity contribution is -0.137. The smallest absolute Gasteiger partial charge is 0.233 e. The third kappa shape index (κ3) is 4.46. The number of hydrogen-bond donors (Lipinski definition) is 1. The summed E-state index contributed by atoms with van der Waals surface area (Å²) in [6.07, 6.45) is 3.62. The van der Waals surface area contributed by atoms with E-state index >= 15 is 0 Å². The maximum absolute atomic E-state index is 13.8. The Hall–Kier alpha value is -2.80. The van der Waals surface area contributed by atoms with Crippen LogP contribution in [-0.2, 0) is 10.2 Å². The van der Waals surface area contributed by atoms with Gasteiger partial charge < -0.3 is 10.2 Å². The number of likely N-dealkylation sites (tertiary alicyclic amines) is 1. The van der Waals surface area contributed by atoms with Gasteiger partial charge in [0.2, 0.25) is 5.91 Å². The number of carbonyl (C=O) groups is 1. The second kappa shape index (κ2) is 8.38. The SMILES string of the molecule is Cc1cc(Nc2ncc(C)s2)cc([C@@H]2CCCN2C(=O)C(C)(C)c2cccc(F)c2)n1. The van der Waals surface area contributed by atoms with Gasteiger partial charge >= 0.3 is 0 Å². The standard InChI is InChI=1S/C24H27FN4OS/c1-15-11-19(28-23-26-14-16(2)31-23)13-20(27-15)21-9-6-10-29(21)22(30)24(3,4)17-7-5-8-18(25)12-17/h5,7-8,11-14,21H,6,9-10H2,1-4H3,(H,26,27,28)/t21-/m0/s1. The van der Waals surface area contributed by atoms with E-state index in [1.807, 2.05) is 57.0 Å². The molecule has 3 aromatic rings. The van der Waals surface area contributed by atoms with Crippen molar-refractivity contribution in [1.29, 1.82) is 0 Å². The summed E-state index contributed by atoms with van der Waals surface area (Å²) in [7, 11) is 0. The van der Waals surface area contributed by atoms with E-state index in [-0.39, 0.29) is 17.8 Å². The van der Waals surface area contributed by atoms with Crippen LogP contribution in [0.25, 0.3) is 0 Å². The molecule has 0 unspecified atom stereocenters. The number of rotatable bonds is 5. The van der Waals surface area contributed by atoms with E-state index in [1.54, 1.807) is 17.4 Å². The fraction of sp³-hybridized carbons (Fsp3) is 0.375. The van der Waals surface area contributed by atoms with Crippen molar-refractivity contribution in [3.05, 3.63) is 70.2 Å². The molecular formula is C24H27FN4OS. The summed E-state index contributed by atoms with van der Waals surface area (Å²) < 4.78 is 13.8. The van der Waals surface area contributed by atoms with E-state index in [0.717, 1.165) is 39.9 Å². The molecule has 1 amide bonds. The van der Waals surface area contributed by atoms with Crippen LogP contribution in [0, 0.1) is 19.7 Å². The second-order valence-electron chi connectivity index (χ2n) is 8.62. The van der Waals surface area contributed by atoms with Gasteiger partial charge in [0.05, 0.1) is 17.2 Å². The number of nitrogens with one attached hydrogen (secondary N) is 1. The normalized spacial score (nSPS) is 16.5. The number of aromatic nitrogens is 2. The molecule has 1 aromatic carbocycles. The Balaban J connectivity index is 1.61. The van der Waals surface area contributed by atoms with Crippen molar-refractivity contribution in [3.8, 4) is 0 Å². The zero-order valence-corrected chi connectivity index (χ0v) is 19.1. The van der Waals surface area contributed by atoms with Gasteiger partial charge in [0.15, 0.2) is 5.13 Å². The van der Waals surface area contributed by atoms with Crippen LogP contribution in [0.2, 0.25) is 0 Å². The first-order chi connectivity index (χ1) is 14.7. The van der Waals surface area contributed by atoms with Crippen LogP contribution in [0.4, 0.5) is 15.2 Å². The number of nitrogens with zero attached hydrogens (tertiary/aromatic N) is 3. The fourth-order valence-corrected chi connectivity index (χ4v) is 4.83. The van der Waals surface area contributed by atoms with Gasteiger partial charge in [-0.15, -0.1) is 11.3 Å². The summed E-state index contributed by atoms with van der Waals surface area (Å²) in [5, 5.41) is 4.19. The first-order valence-corrected chi connectivity index (χ1v) is 11.3. The van der Waals surface area contributed by atoms with Gasteiger partial charge in [-0.3, -0.25) is 9.78 Å². The summed E-state index contributed by atoms with van der Waals surface area (Å²) in [6.45, 7) is 8.38. The predicted octanol–water partition coefficient (Wildman–Crippen LogP) is 5.68. The quantitative estimate of drug-likeness (QED) is 0.557. The molecule has 0 saturated carbocycles. The van der Waals surface area contributed by atoms with Crippen LogP contribution in [0.1, 0.15) is 54.6 Å². The maximum Gasteiger partial charge on any atom is 0.233 e. The van der Waals surface area contributed by atoms with Crippen molar-refractivity contribution >= 4 is 28.1 Å². The number of carbonyl (C=O) groups excluding carboxylic acids is 1. The van der Waals surface area contributed by atoms with Crippen molar-refractivity contribution < 1.29 is 9.18 Å². The highest BCUT2D eigenvalue weighted by Crippen LogP contribution is 2.37. The zero-order chi connectivity index (χ0) is 22.2. The molecule has 1 aliphatic heterocycles. The molecule has 1 aliphatic rings. The number of pyridine rings is 1. The van der Waals surface area contributed by atoms with E-state index in [1.165, 1.54) is 12.1 Å². The van der Waals surface area contributed by atoms with Crippen LogP contribution >= 0.6 is 11.3 Å². The highest BCUT2D eigenvalue weighted by Gasteiger charge is 2.40. The molecule has 0 bridgehead atoms. The number of aryl methyl sites for hydroxylation is 2. The first-order valence-electron chi connectivity index (χ1n) is 10.5. The molecule has 5 nitrogen and oxygen atoms in total. The van der Waals surface area contributed by atoms with E-state index in [0.29, 0.717) is 12.1 Å². The van der Waals surface area contributed by atoms with Crippen molar-refractivity contribution in [2.75, 3.05) is 11.9 Å². The summed E-state index contributed by atoms with van der Waals surface area (Å²) in [4.78, 5) is 25.8. The molecule has 3 heterocycles. The second-order valence-corrected chi connectivity index (χ2v) is 9.85. The Kier molecular flexibility index (Phi) is 5.79. The lowest BCUT2D eigenvalue weighted by Gasteiger charge is -2.33.